The molecule has 2 aromatic carbocycles. The lowest BCUT2D eigenvalue weighted by atomic mass is 10.0. The summed E-state index contributed by atoms with van der Waals surface area (Å²) in [5.41, 5.74) is 3.24. The Morgan fingerprint density at radius 1 is 1.10 bits per heavy atom. The largest absolute Gasteiger partial charge is 0.495 e. The average molecular weight is 568 g/mol. The van der Waals surface area contributed by atoms with Crippen molar-refractivity contribution >= 4 is 23.4 Å². The van der Waals surface area contributed by atoms with E-state index in [0.29, 0.717) is 29.5 Å². The van der Waals surface area contributed by atoms with E-state index < -0.39 is 0 Å². The maximum Gasteiger partial charge on any atom is 0.251 e. The molecule has 0 aliphatic carbocycles. The molecule has 0 radical (unpaired) electrons. The summed E-state index contributed by atoms with van der Waals surface area (Å²) in [6, 6.07) is 15.9. The van der Waals surface area contributed by atoms with Gasteiger partial charge < -0.3 is 25.2 Å². The molecule has 2 aliphatic heterocycles. The smallest absolute Gasteiger partial charge is 0.251 e. The number of piperidine rings is 1. The van der Waals surface area contributed by atoms with Gasteiger partial charge in [-0.3, -0.25) is 9.36 Å². The van der Waals surface area contributed by atoms with Crippen LogP contribution >= 0.6 is 0 Å². The second-order valence-corrected chi connectivity index (χ2v) is 11.0. The average Bonchev–Trinajstić information content (AvgIpc) is 3.40. The van der Waals surface area contributed by atoms with E-state index in [1.807, 2.05) is 42.0 Å². The molecule has 11 nitrogen and oxygen atoms in total. The summed E-state index contributed by atoms with van der Waals surface area (Å²) in [4.78, 5) is 27.2. The highest BCUT2D eigenvalue weighted by molar-refractivity contribution is 5.95. The minimum Gasteiger partial charge on any atom is -0.495 e. The number of aromatic nitrogens is 5. The lowest BCUT2D eigenvalue weighted by Gasteiger charge is -2.37. The van der Waals surface area contributed by atoms with Crippen LogP contribution in [0.15, 0.2) is 54.7 Å². The maximum atomic E-state index is 13.0. The normalized spacial score (nSPS) is 17.0. The molecule has 4 heterocycles. The zero-order valence-corrected chi connectivity index (χ0v) is 24.5. The molecule has 2 N–H and O–H groups in total. The van der Waals surface area contributed by atoms with Gasteiger partial charge in [-0.05, 0) is 70.1 Å². The van der Waals surface area contributed by atoms with Gasteiger partial charge >= 0.3 is 0 Å². The minimum absolute atomic E-state index is 0.00134. The van der Waals surface area contributed by atoms with Gasteiger partial charge in [0.15, 0.2) is 11.6 Å². The first-order valence-electron chi connectivity index (χ1n) is 14.5. The van der Waals surface area contributed by atoms with Crippen LogP contribution in [0.5, 0.6) is 5.75 Å². The van der Waals surface area contributed by atoms with E-state index in [1.54, 1.807) is 19.2 Å². The number of benzene rings is 2. The number of anilines is 3. The molecule has 2 aliphatic rings. The SMILES string of the molecule is CC[C@@H]1c2nnc(C)n2-c2cnc(Nc3ccc(C(=O)NC4CCN(C)CC4)cc3OC)nc2N1Cc1ccccc1. The van der Waals surface area contributed by atoms with Crippen LogP contribution in [0.2, 0.25) is 0 Å². The Bertz CT molecular complexity index is 1560. The van der Waals surface area contributed by atoms with Gasteiger partial charge in [0.1, 0.15) is 17.3 Å². The number of fused-ring (bicyclic) bond motifs is 3. The topological polar surface area (TPSA) is 113 Å². The number of likely N-dealkylation sites (tertiary alicyclic amines) is 1. The van der Waals surface area contributed by atoms with Crippen LogP contribution < -0.4 is 20.3 Å². The molecule has 1 fully saturated rings. The van der Waals surface area contributed by atoms with Gasteiger partial charge in [-0.1, -0.05) is 37.3 Å². The Morgan fingerprint density at radius 3 is 2.62 bits per heavy atom. The minimum atomic E-state index is -0.0956. The van der Waals surface area contributed by atoms with E-state index in [1.165, 1.54) is 5.56 Å². The molecule has 0 bridgehead atoms. The molecule has 2 aromatic heterocycles. The highest BCUT2D eigenvalue weighted by atomic mass is 16.5. The van der Waals surface area contributed by atoms with Crippen LogP contribution in [0.4, 0.5) is 17.5 Å². The van der Waals surface area contributed by atoms with Crippen molar-refractivity contribution < 1.29 is 9.53 Å². The van der Waals surface area contributed by atoms with Crippen molar-refractivity contribution in [2.24, 2.45) is 0 Å². The third kappa shape index (κ3) is 5.39. The second kappa shape index (κ2) is 11.8. The number of methoxy groups -OCH3 is 1. The van der Waals surface area contributed by atoms with Crippen LogP contribution in [-0.4, -0.2) is 68.8 Å². The van der Waals surface area contributed by atoms with Gasteiger partial charge in [-0.15, -0.1) is 10.2 Å². The number of nitrogens with zero attached hydrogens (tertiary/aromatic N) is 7. The van der Waals surface area contributed by atoms with Crippen molar-refractivity contribution in [3.8, 4) is 11.4 Å². The Balaban J connectivity index is 1.29. The van der Waals surface area contributed by atoms with Crippen molar-refractivity contribution in [1.29, 1.82) is 0 Å². The Labute approximate surface area is 245 Å². The standard InChI is InChI=1S/C31H37N9O2/c1-5-25-29-37-36-20(2)40(29)26-18-32-31(35-28(26)39(25)19-21-9-7-6-8-10-21)34-24-12-11-22(17-27(24)42-4)30(41)33-23-13-15-38(3)16-14-23/h6-12,17-18,23,25H,5,13-16,19H2,1-4H3,(H,33,41)(H,32,34,35)/t25-/m1/s1. The van der Waals surface area contributed by atoms with Crippen molar-refractivity contribution in [2.75, 3.05) is 37.5 Å². The first-order valence-corrected chi connectivity index (χ1v) is 14.5. The number of ether oxygens (including phenoxy) is 1. The van der Waals surface area contributed by atoms with Gasteiger partial charge in [-0.2, -0.15) is 4.98 Å². The fourth-order valence-electron chi connectivity index (χ4n) is 5.82. The Hall–Kier alpha value is -4.51. The van der Waals surface area contributed by atoms with E-state index >= 15 is 0 Å². The summed E-state index contributed by atoms with van der Waals surface area (Å²) < 4.78 is 7.72. The lowest BCUT2D eigenvalue weighted by molar-refractivity contribution is 0.0916. The van der Waals surface area contributed by atoms with E-state index in [-0.39, 0.29) is 18.0 Å². The number of hydrogen-bond donors (Lipinski definition) is 2. The van der Waals surface area contributed by atoms with Gasteiger partial charge in [0.2, 0.25) is 5.95 Å². The van der Waals surface area contributed by atoms with Crippen molar-refractivity contribution in [1.82, 2.24) is 34.9 Å². The predicted octanol–water partition coefficient (Wildman–Crippen LogP) is 4.41. The molecular weight excluding hydrogens is 530 g/mol. The van der Waals surface area contributed by atoms with Gasteiger partial charge in [0.05, 0.1) is 25.0 Å². The van der Waals surface area contributed by atoms with E-state index in [2.05, 4.69) is 61.7 Å². The van der Waals surface area contributed by atoms with Crippen LogP contribution in [0.25, 0.3) is 5.69 Å². The van der Waals surface area contributed by atoms with Crippen LogP contribution in [-0.2, 0) is 6.54 Å². The van der Waals surface area contributed by atoms with E-state index in [4.69, 9.17) is 9.72 Å². The quantitative estimate of drug-likeness (QED) is 0.320. The summed E-state index contributed by atoms with van der Waals surface area (Å²) in [5.74, 6) is 3.35. The molecular formula is C31H37N9O2. The summed E-state index contributed by atoms with van der Waals surface area (Å²) in [5, 5.41) is 15.4. The number of nitrogens with one attached hydrogen (secondary N) is 2. The molecule has 1 amide bonds. The van der Waals surface area contributed by atoms with Gasteiger partial charge in [0, 0.05) is 18.2 Å². The maximum absolute atomic E-state index is 13.0. The first-order chi connectivity index (χ1) is 20.4. The third-order valence-corrected chi connectivity index (χ3v) is 8.13. The Morgan fingerprint density at radius 2 is 1.88 bits per heavy atom. The number of carbonyl (C=O) groups is 1. The van der Waals surface area contributed by atoms with E-state index in [0.717, 1.165) is 55.5 Å². The summed E-state index contributed by atoms with van der Waals surface area (Å²) in [6.45, 7) is 6.73. The zero-order valence-electron chi connectivity index (χ0n) is 24.5. The highest BCUT2D eigenvalue weighted by Gasteiger charge is 2.35. The molecule has 6 rings (SSSR count). The predicted molar refractivity (Wildman–Crippen MR) is 162 cm³/mol. The monoisotopic (exact) mass is 567 g/mol. The summed E-state index contributed by atoms with van der Waals surface area (Å²) in [6.07, 6.45) is 4.55. The van der Waals surface area contributed by atoms with Gasteiger partial charge in [-0.25, -0.2) is 4.98 Å². The van der Waals surface area contributed by atoms with Crippen molar-refractivity contribution in [3.63, 3.8) is 0 Å². The first kappa shape index (κ1) is 27.6. The Kier molecular flexibility index (Phi) is 7.75. The van der Waals surface area contributed by atoms with Crippen LogP contribution in [0.3, 0.4) is 0 Å². The third-order valence-electron chi connectivity index (χ3n) is 8.13. The van der Waals surface area contributed by atoms with E-state index in [9.17, 15) is 4.79 Å². The second-order valence-electron chi connectivity index (χ2n) is 11.0. The number of aryl methyl sites for hydroxylation is 1. The number of amides is 1. The van der Waals surface area contributed by atoms with Crippen LogP contribution in [0, 0.1) is 6.92 Å². The molecule has 4 aromatic rings. The van der Waals surface area contributed by atoms with Gasteiger partial charge in [0.25, 0.3) is 5.91 Å². The molecule has 11 heteroatoms. The molecule has 218 valence electrons. The molecule has 1 saturated heterocycles. The molecule has 0 saturated carbocycles. The van der Waals surface area contributed by atoms with Crippen molar-refractivity contribution in [2.45, 2.75) is 51.7 Å². The molecule has 0 unspecified atom stereocenters. The summed E-state index contributed by atoms with van der Waals surface area (Å²) >= 11 is 0. The number of hydrogen-bond acceptors (Lipinski definition) is 9. The highest BCUT2D eigenvalue weighted by Crippen LogP contribution is 2.40. The molecule has 42 heavy (non-hydrogen) atoms. The molecule has 0 spiro atoms. The fourth-order valence-corrected chi connectivity index (χ4v) is 5.82. The summed E-state index contributed by atoms with van der Waals surface area (Å²) in [7, 11) is 3.70. The number of rotatable bonds is 8. The molecule has 1 atom stereocenters. The lowest BCUT2D eigenvalue weighted by Crippen LogP contribution is -2.43. The fraction of sp³-hybridized carbons (Fsp3) is 0.387. The zero-order chi connectivity index (χ0) is 29.2. The van der Waals surface area contributed by atoms with Crippen molar-refractivity contribution in [3.05, 3.63) is 77.5 Å². The van der Waals surface area contributed by atoms with Crippen LogP contribution in [0.1, 0.15) is 59.8 Å². The number of carbonyl (C=O) groups excluding carboxylic acids is 1.